The summed E-state index contributed by atoms with van der Waals surface area (Å²) in [6.07, 6.45) is 1.55. The topological polar surface area (TPSA) is 106 Å². The average Bonchev–Trinajstić information content (AvgIpc) is 3.12. The minimum Gasteiger partial charge on any atom is -0.497 e. The van der Waals surface area contributed by atoms with E-state index in [0.29, 0.717) is 34.0 Å². The first-order valence-corrected chi connectivity index (χ1v) is 15.6. The number of nitrogens with one attached hydrogen (secondary N) is 3. The maximum Gasteiger partial charge on any atom is 0.272 e. The molecule has 3 N–H and O–H groups in total. The molecule has 0 saturated heterocycles. The van der Waals surface area contributed by atoms with Crippen molar-refractivity contribution in [2.45, 2.75) is 10.1 Å². The standard InChI is InChI=1S/C38H33N3O5S/c1-45-31-21-18-28(34(25-31)46-2)24-33(41-36(42)27-14-8-4-9-15-27)37(43)39-30-19-22-32(23-20-30)47-35(26-12-6-3-7-13-26)38(44)40-29-16-10-5-11-17-29/h3-25,35H,1-2H3,(H,39,43)(H,40,44)(H,41,42)/b33-24-. The molecule has 0 aliphatic heterocycles. The molecule has 5 aromatic carbocycles. The monoisotopic (exact) mass is 643 g/mol. The molecule has 0 aliphatic carbocycles. The van der Waals surface area contributed by atoms with Crippen molar-refractivity contribution in [3.63, 3.8) is 0 Å². The lowest BCUT2D eigenvalue weighted by Gasteiger charge is -2.17. The van der Waals surface area contributed by atoms with E-state index in [9.17, 15) is 14.4 Å². The van der Waals surface area contributed by atoms with Gasteiger partial charge in [-0.05, 0) is 72.3 Å². The summed E-state index contributed by atoms with van der Waals surface area (Å²) in [5.74, 6) is -0.0656. The summed E-state index contributed by atoms with van der Waals surface area (Å²) >= 11 is 1.40. The molecule has 5 aromatic rings. The number of amides is 3. The van der Waals surface area contributed by atoms with Crippen molar-refractivity contribution in [3.05, 3.63) is 156 Å². The Bertz CT molecular complexity index is 1850. The van der Waals surface area contributed by atoms with Gasteiger partial charge in [-0.3, -0.25) is 14.4 Å². The lowest BCUT2D eigenvalue weighted by molar-refractivity contribution is -0.116. The molecular formula is C38H33N3O5S. The highest BCUT2D eigenvalue weighted by molar-refractivity contribution is 8.00. The van der Waals surface area contributed by atoms with Gasteiger partial charge in [0.25, 0.3) is 11.8 Å². The van der Waals surface area contributed by atoms with Crippen LogP contribution >= 0.6 is 11.8 Å². The van der Waals surface area contributed by atoms with Crippen molar-refractivity contribution >= 4 is 46.9 Å². The second-order valence-corrected chi connectivity index (χ2v) is 11.4. The van der Waals surface area contributed by atoms with Crippen LogP contribution in [0.4, 0.5) is 11.4 Å². The molecule has 0 bridgehead atoms. The predicted octanol–water partition coefficient (Wildman–Crippen LogP) is 7.59. The molecule has 0 fully saturated rings. The summed E-state index contributed by atoms with van der Waals surface area (Å²) in [5, 5.41) is 8.10. The number of ether oxygens (including phenoxy) is 2. The van der Waals surface area contributed by atoms with Crippen LogP contribution < -0.4 is 25.4 Å². The number of thioether (sulfide) groups is 1. The van der Waals surface area contributed by atoms with Gasteiger partial charge < -0.3 is 25.4 Å². The number of benzene rings is 5. The summed E-state index contributed by atoms with van der Waals surface area (Å²) in [7, 11) is 3.07. The molecular weight excluding hydrogens is 611 g/mol. The van der Waals surface area contributed by atoms with E-state index < -0.39 is 17.1 Å². The Morgan fingerprint density at radius 3 is 1.94 bits per heavy atom. The van der Waals surface area contributed by atoms with Crippen molar-refractivity contribution in [2.75, 3.05) is 24.9 Å². The van der Waals surface area contributed by atoms with Gasteiger partial charge in [0.15, 0.2) is 0 Å². The number of carbonyl (C=O) groups excluding carboxylic acids is 3. The summed E-state index contributed by atoms with van der Waals surface area (Å²) in [6, 6.07) is 39.9. The molecule has 8 nitrogen and oxygen atoms in total. The number of hydrogen-bond donors (Lipinski definition) is 3. The van der Waals surface area contributed by atoms with Crippen LogP contribution in [0.5, 0.6) is 11.5 Å². The second kappa shape index (κ2) is 16.0. The molecule has 5 rings (SSSR count). The molecule has 0 radical (unpaired) electrons. The molecule has 1 unspecified atom stereocenters. The fourth-order valence-electron chi connectivity index (χ4n) is 4.62. The Balaban J connectivity index is 1.36. The fourth-order valence-corrected chi connectivity index (χ4v) is 5.64. The van der Waals surface area contributed by atoms with E-state index in [1.54, 1.807) is 67.8 Å². The maximum absolute atomic E-state index is 13.6. The van der Waals surface area contributed by atoms with Gasteiger partial charge in [-0.25, -0.2) is 0 Å². The summed E-state index contributed by atoms with van der Waals surface area (Å²) in [6.45, 7) is 0. The zero-order chi connectivity index (χ0) is 33.0. The molecule has 0 aromatic heterocycles. The van der Waals surface area contributed by atoms with Crippen LogP contribution in [0.25, 0.3) is 6.08 Å². The third-order valence-corrected chi connectivity index (χ3v) is 8.28. The number of anilines is 2. The first-order valence-electron chi connectivity index (χ1n) is 14.7. The van der Waals surface area contributed by atoms with Gasteiger partial charge in [-0.2, -0.15) is 0 Å². The van der Waals surface area contributed by atoms with E-state index in [4.69, 9.17) is 9.47 Å². The Morgan fingerprint density at radius 2 is 1.30 bits per heavy atom. The SMILES string of the molecule is COc1ccc(/C=C(\NC(=O)c2ccccc2)C(=O)Nc2ccc(SC(C(=O)Nc3ccccc3)c3ccccc3)cc2)c(OC)c1. The third kappa shape index (κ3) is 8.90. The lowest BCUT2D eigenvalue weighted by atomic mass is 10.1. The van der Waals surface area contributed by atoms with Gasteiger partial charge in [0, 0.05) is 33.5 Å². The highest BCUT2D eigenvalue weighted by atomic mass is 32.2. The number of para-hydroxylation sites is 1. The Hall–Kier alpha value is -5.80. The van der Waals surface area contributed by atoms with Crippen LogP contribution in [0, 0.1) is 0 Å². The second-order valence-electron chi connectivity index (χ2n) is 10.2. The average molecular weight is 644 g/mol. The molecule has 0 heterocycles. The van der Waals surface area contributed by atoms with Crippen LogP contribution in [-0.4, -0.2) is 31.9 Å². The molecule has 0 saturated carbocycles. The van der Waals surface area contributed by atoms with Gasteiger partial charge in [0.05, 0.1) is 14.2 Å². The quantitative estimate of drug-likeness (QED) is 0.0956. The highest BCUT2D eigenvalue weighted by Crippen LogP contribution is 2.37. The van der Waals surface area contributed by atoms with Crippen molar-refractivity contribution in [1.29, 1.82) is 0 Å². The fraction of sp³-hybridized carbons (Fsp3) is 0.0789. The first kappa shape index (κ1) is 32.6. The molecule has 47 heavy (non-hydrogen) atoms. The first-order chi connectivity index (χ1) is 22.9. The highest BCUT2D eigenvalue weighted by Gasteiger charge is 2.23. The van der Waals surface area contributed by atoms with E-state index in [-0.39, 0.29) is 11.6 Å². The van der Waals surface area contributed by atoms with Gasteiger partial charge in [0.1, 0.15) is 22.4 Å². The molecule has 0 aliphatic rings. The van der Waals surface area contributed by atoms with Gasteiger partial charge in [0.2, 0.25) is 5.91 Å². The summed E-state index contributed by atoms with van der Waals surface area (Å²) in [4.78, 5) is 40.9. The number of methoxy groups -OCH3 is 2. The summed E-state index contributed by atoms with van der Waals surface area (Å²) in [5.41, 5.74) is 3.07. The van der Waals surface area contributed by atoms with E-state index in [2.05, 4.69) is 16.0 Å². The molecule has 3 amide bonds. The van der Waals surface area contributed by atoms with Crippen molar-refractivity contribution < 1.29 is 23.9 Å². The van der Waals surface area contributed by atoms with E-state index in [0.717, 1.165) is 10.5 Å². The van der Waals surface area contributed by atoms with Crippen molar-refractivity contribution in [3.8, 4) is 11.5 Å². The number of carbonyl (C=O) groups is 3. The van der Waals surface area contributed by atoms with Gasteiger partial charge in [-0.1, -0.05) is 66.7 Å². The van der Waals surface area contributed by atoms with E-state index >= 15 is 0 Å². The normalized spacial score (nSPS) is 11.6. The van der Waals surface area contributed by atoms with Crippen LogP contribution in [0.3, 0.4) is 0 Å². The van der Waals surface area contributed by atoms with Crippen LogP contribution in [0.2, 0.25) is 0 Å². The lowest BCUT2D eigenvalue weighted by Crippen LogP contribution is -2.30. The maximum atomic E-state index is 13.6. The largest absolute Gasteiger partial charge is 0.497 e. The van der Waals surface area contributed by atoms with E-state index in [1.807, 2.05) is 78.9 Å². The van der Waals surface area contributed by atoms with Crippen LogP contribution in [-0.2, 0) is 9.59 Å². The minimum absolute atomic E-state index is 0.0162. The van der Waals surface area contributed by atoms with Gasteiger partial charge >= 0.3 is 0 Å². The molecule has 9 heteroatoms. The Kier molecular flexibility index (Phi) is 11.1. The molecule has 236 valence electrons. The zero-order valence-corrected chi connectivity index (χ0v) is 26.6. The summed E-state index contributed by atoms with van der Waals surface area (Å²) < 4.78 is 10.8. The molecule has 1 atom stereocenters. The van der Waals surface area contributed by atoms with Crippen molar-refractivity contribution in [2.24, 2.45) is 0 Å². The minimum atomic E-state index is -0.531. The van der Waals surface area contributed by atoms with Gasteiger partial charge in [-0.15, -0.1) is 11.8 Å². The van der Waals surface area contributed by atoms with Crippen LogP contribution in [0.1, 0.15) is 26.7 Å². The van der Waals surface area contributed by atoms with Crippen LogP contribution in [0.15, 0.2) is 144 Å². The molecule has 0 spiro atoms. The zero-order valence-electron chi connectivity index (χ0n) is 25.8. The van der Waals surface area contributed by atoms with Crippen molar-refractivity contribution in [1.82, 2.24) is 5.32 Å². The smallest absolute Gasteiger partial charge is 0.272 e. The number of rotatable bonds is 12. The third-order valence-electron chi connectivity index (χ3n) is 7.02. The Labute approximate surface area is 277 Å². The number of hydrogen-bond acceptors (Lipinski definition) is 6. The van der Waals surface area contributed by atoms with E-state index in [1.165, 1.54) is 18.9 Å². The predicted molar refractivity (Wildman–Crippen MR) is 187 cm³/mol. The Morgan fingerprint density at radius 1 is 0.681 bits per heavy atom.